The van der Waals surface area contributed by atoms with Gasteiger partial charge in [-0.25, -0.2) is 0 Å². The van der Waals surface area contributed by atoms with E-state index in [0.717, 1.165) is 38.5 Å². The van der Waals surface area contributed by atoms with Gasteiger partial charge in [-0.15, -0.1) is 0 Å². The summed E-state index contributed by atoms with van der Waals surface area (Å²) in [6.45, 7) is 3.77. The quantitative estimate of drug-likeness (QED) is 0.0376. The van der Waals surface area contributed by atoms with E-state index in [9.17, 15) is 30.3 Å². The van der Waals surface area contributed by atoms with E-state index < -0.39 is 49.5 Å². The van der Waals surface area contributed by atoms with Crippen LogP contribution in [0.3, 0.4) is 0 Å². The van der Waals surface area contributed by atoms with Gasteiger partial charge in [0.05, 0.1) is 25.4 Å². The zero-order valence-electron chi connectivity index (χ0n) is 31.7. The standard InChI is InChI=1S/C40H79NO8/c1-3-5-7-9-11-12-13-14-15-16-17-18-19-20-21-22-23-24-26-28-30-36(44)41-33(34(43)29-27-25-10-8-6-4-2)32-48-40-39(47)38(46)37(45)35(31-42)49-40/h33-35,37-40,42-43,45-47H,3-32H2,1-2H3,(H,41,44). The van der Waals surface area contributed by atoms with Crippen LogP contribution < -0.4 is 5.32 Å². The molecule has 0 spiro atoms. The van der Waals surface area contributed by atoms with Crippen molar-refractivity contribution in [2.75, 3.05) is 13.2 Å². The normalized spacial score (nSPS) is 22.3. The third-order valence-electron chi connectivity index (χ3n) is 10.2. The number of nitrogens with one attached hydrogen (secondary N) is 1. The van der Waals surface area contributed by atoms with Crippen LogP contribution in [0, 0.1) is 0 Å². The molecule has 0 saturated carbocycles. The number of carbonyl (C=O) groups excluding carboxylic acids is 1. The molecule has 1 amide bonds. The third kappa shape index (κ3) is 23.4. The van der Waals surface area contributed by atoms with Crippen molar-refractivity contribution in [3.63, 3.8) is 0 Å². The summed E-state index contributed by atoms with van der Waals surface area (Å²) in [5, 5.41) is 53.8. The van der Waals surface area contributed by atoms with E-state index in [1.165, 1.54) is 128 Å². The predicted molar refractivity (Wildman–Crippen MR) is 198 cm³/mol. The van der Waals surface area contributed by atoms with Gasteiger partial charge in [0.2, 0.25) is 5.91 Å². The van der Waals surface area contributed by atoms with Crippen molar-refractivity contribution >= 4 is 5.91 Å². The van der Waals surface area contributed by atoms with Gasteiger partial charge in [-0.1, -0.05) is 174 Å². The lowest BCUT2D eigenvalue weighted by atomic mass is 9.99. The molecule has 6 N–H and O–H groups in total. The first kappa shape index (κ1) is 46.2. The number of hydrogen-bond acceptors (Lipinski definition) is 8. The Balaban J connectivity index is 2.22. The Morgan fingerprint density at radius 3 is 1.45 bits per heavy atom. The molecule has 0 radical (unpaired) electrons. The monoisotopic (exact) mass is 702 g/mol. The van der Waals surface area contributed by atoms with Crippen LogP contribution in [0.1, 0.15) is 194 Å². The smallest absolute Gasteiger partial charge is 0.220 e. The number of aliphatic hydroxyl groups is 5. The van der Waals surface area contributed by atoms with Crippen LogP contribution in [0.2, 0.25) is 0 Å². The summed E-state index contributed by atoms with van der Waals surface area (Å²) < 4.78 is 11.2. The summed E-state index contributed by atoms with van der Waals surface area (Å²) in [5.41, 5.74) is 0. The van der Waals surface area contributed by atoms with E-state index in [1.807, 2.05) is 0 Å². The molecule has 0 aromatic heterocycles. The molecule has 0 aliphatic carbocycles. The van der Waals surface area contributed by atoms with Crippen molar-refractivity contribution in [3.8, 4) is 0 Å². The zero-order valence-corrected chi connectivity index (χ0v) is 31.7. The highest BCUT2D eigenvalue weighted by atomic mass is 16.7. The summed E-state index contributed by atoms with van der Waals surface area (Å²) in [6.07, 6.45) is 25.8. The molecule has 1 aliphatic heterocycles. The number of aliphatic hydroxyl groups excluding tert-OH is 5. The molecule has 7 unspecified atom stereocenters. The lowest BCUT2D eigenvalue weighted by molar-refractivity contribution is -0.302. The van der Waals surface area contributed by atoms with Gasteiger partial charge in [-0.3, -0.25) is 4.79 Å². The Bertz CT molecular complexity index is 741. The van der Waals surface area contributed by atoms with Gasteiger partial charge in [0.25, 0.3) is 0 Å². The summed E-state index contributed by atoms with van der Waals surface area (Å²) in [6, 6.07) is -0.708. The van der Waals surface area contributed by atoms with E-state index in [0.29, 0.717) is 12.8 Å². The molecule has 49 heavy (non-hydrogen) atoms. The van der Waals surface area contributed by atoms with Crippen LogP contribution in [0.4, 0.5) is 0 Å². The maximum atomic E-state index is 12.8. The predicted octanol–water partition coefficient (Wildman–Crippen LogP) is 7.61. The lowest BCUT2D eigenvalue weighted by Crippen LogP contribution is -2.60. The van der Waals surface area contributed by atoms with Crippen molar-refractivity contribution < 1.29 is 39.8 Å². The van der Waals surface area contributed by atoms with Crippen LogP contribution in [-0.4, -0.2) is 87.5 Å². The zero-order chi connectivity index (χ0) is 36.0. The summed E-state index contributed by atoms with van der Waals surface area (Å²) in [4.78, 5) is 12.8. The van der Waals surface area contributed by atoms with Crippen LogP contribution >= 0.6 is 0 Å². The number of amides is 1. The molecule has 1 heterocycles. The van der Waals surface area contributed by atoms with Crippen LogP contribution in [0.5, 0.6) is 0 Å². The molecule has 0 aromatic carbocycles. The Kier molecular flexibility index (Phi) is 30.1. The van der Waals surface area contributed by atoms with E-state index in [1.54, 1.807) is 0 Å². The average Bonchev–Trinajstić information content (AvgIpc) is 3.10. The topological polar surface area (TPSA) is 149 Å². The first-order valence-electron chi connectivity index (χ1n) is 20.7. The minimum atomic E-state index is -1.55. The SMILES string of the molecule is CCCCCCCCCCCCCCCCCCCCCCC(=O)NC(COC1OC(CO)C(O)C(O)C1O)C(O)CCCCCCCC. The first-order valence-corrected chi connectivity index (χ1v) is 20.7. The van der Waals surface area contributed by atoms with Crippen molar-refractivity contribution in [2.45, 2.75) is 236 Å². The minimum absolute atomic E-state index is 0.134. The fourth-order valence-electron chi connectivity index (χ4n) is 6.81. The molecule has 9 nitrogen and oxygen atoms in total. The third-order valence-corrected chi connectivity index (χ3v) is 10.2. The molecule has 9 heteroatoms. The molecular formula is C40H79NO8. The van der Waals surface area contributed by atoms with Gasteiger partial charge in [0.1, 0.15) is 24.4 Å². The highest BCUT2D eigenvalue weighted by Crippen LogP contribution is 2.23. The maximum absolute atomic E-state index is 12.8. The van der Waals surface area contributed by atoms with Gasteiger partial charge >= 0.3 is 0 Å². The van der Waals surface area contributed by atoms with Gasteiger partial charge in [-0.05, 0) is 12.8 Å². The van der Waals surface area contributed by atoms with E-state index in [-0.39, 0.29) is 12.5 Å². The second-order valence-electron chi connectivity index (χ2n) is 14.8. The number of carbonyl (C=O) groups is 1. The molecule has 0 aromatic rings. The van der Waals surface area contributed by atoms with E-state index in [2.05, 4.69) is 19.2 Å². The van der Waals surface area contributed by atoms with Crippen molar-refractivity contribution in [1.29, 1.82) is 0 Å². The van der Waals surface area contributed by atoms with E-state index in [4.69, 9.17) is 9.47 Å². The number of hydrogen-bond donors (Lipinski definition) is 6. The fraction of sp³-hybridized carbons (Fsp3) is 0.975. The molecule has 1 fully saturated rings. The van der Waals surface area contributed by atoms with Crippen molar-refractivity contribution in [3.05, 3.63) is 0 Å². The summed E-state index contributed by atoms with van der Waals surface area (Å²) in [5.74, 6) is -0.146. The first-order chi connectivity index (χ1) is 23.8. The van der Waals surface area contributed by atoms with Gasteiger partial charge in [0.15, 0.2) is 6.29 Å². The molecule has 0 bridgehead atoms. The maximum Gasteiger partial charge on any atom is 0.220 e. The molecule has 7 atom stereocenters. The second-order valence-corrected chi connectivity index (χ2v) is 14.8. The Hall–Kier alpha value is -0.810. The van der Waals surface area contributed by atoms with Gasteiger partial charge < -0.3 is 40.3 Å². The molecular weight excluding hydrogens is 622 g/mol. The second kappa shape index (κ2) is 31.9. The van der Waals surface area contributed by atoms with Crippen molar-refractivity contribution in [2.24, 2.45) is 0 Å². The highest BCUT2D eigenvalue weighted by molar-refractivity contribution is 5.76. The minimum Gasteiger partial charge on any atom is -0.394 e. The van der Waals surface area contributed by atoms with Gasteiger partial charge in [-0.2, -0.15) is 0 Å². The van der Waals surface area contributed by atoms with Crippen LogP contribution in [-0.2, 0) is 14.3 Å². The molecule has 292 valence electrons. The summed E-state index contributed by atoms with van der Waals surface area (Å²) >= 11 is 0. The Labute approximate surface area is 300 Å². The molecule has 1 rings (SSSR count). The molecule has 1 aliphatic rings. The van der Waals surface area contributed by atoms with Crippen LogP contribution in [0.15, 0.2) is 0 Å². The number of rotatable bonds is 34. The lowest BCUT2D eigenvalue weighted by Gasteiger charge is -2.40. The van der Waals surface area contributed by atoms with Gasteiger partial charge in [0, 0.05) is 6.42 Å². The summed E-state index contributed by atoms with van der Waals surface area (Å²) in [7, 11) is 0. The Morgan fingerprint density at radius 2 is 1.02 bits per heavy atom. The average molecular weight is 702 g/mol. The molecule has 1 saturated heterocycles. The number of unbranched alkanes of at least 4 members (excludes halogenated alkanes) is 24. The highest BCUT2D eigenvalue weighted by Gasteiger charge is 2.44. The number of ether oxygens (including phenoxy) is 2. The van der Waals surface area contributed by atoms with Crippen molar-refractivity contribution in [1.82, 2.24) is 5.32 Å². The largest absolute Gasteiger partial charge is 0.394 e. The Morgan fingerprint density at radius 1 is 0.612 bits per heavy atom. The van der Waals surface area contributed by atoms with Crippen LogP contribution in [0.25, 0.3) is 0 Å². The fourth-order valence-corrected chi connectivity index (χ4v) is 6.81. The van der Waals surface area contributed by atoms with E-state index >= 15 is 0 Å².